The molecule has 0 unspecified atom stereocenters. The van der Waals surface area contributed by atoms with E-state index in [1.54, 1.807) is 18.3 Å². The largest absolute Gasteiger partial charge is 0.351 e. The van der Waals surface area contributed by atoms with E-state index in [1.165, 1.54) is 0 Å². The molecule has 0 atom stereocenters. The standard InChI is InChI=1S/C9H9N5O/c10-9(15)12-7-3-1-6(2-4-7)8-5-11-14-13-8/h1-5H,(H3,10,12,15)(H,11,13,14). The number of aromatic nitrogens is 3. The van der Waals surface area contributed by atoms with Crippen molar-refractivity contribution in [3.05, 3.63) is 30.5 Å². The average molecular weight is 203 g/mol. The molecule has 2 aromatic rings. The van der Waals surface area contributed by atoms with Crippen molar-refractivity contribution in [1.82, 2.24) is 15.4 Å². The first-order valence-corrected chi connectivity index (χ1v) is 4.28. The molecule has 15 heavy (non-hydrogen) atoms. The van der Waals surface area contributed by atoms with Crippen LogP contribution in [0.25, 0.3) is 11.3 Å². The summed E-state index contributed by atoms with van der Waals surface area (Å²) >= 11 is 0. The zero-order valence-corrected chi connectivity index (χ0v) is 7.77. The summed E-state index contributed by atoms with van der Waals surface area (Å²) in [6.07, 6.45) is 1.62. The maximum Gasteiger partial charge on any atom is 0.316 e. The van der Waals surface area contributed by atoms with Crippen molar-refractivity contribution in [1.29, 1.82) is 0 Å². The zero-order valence-electron chi connectivity index (χ0n) is 7.77. The van der Waals surface area contributed by atoms with Crippen LogP contribution >= 0.6 is 0 Å². The molecule has 1 aromatic carbocycles. The lowest BCUT2D eigenvalue weighted by atomic mass is 10.1. The van der Waals surface area contributed by atoms with Crippen LogP contribution in [0.15, 0.2) is 30.5 Å². The molecule has 0 saturated carbocycles. The summed E-state index contributed by atoms with van der Waals surface area (Å²) < 4.78 is 0. The van der Waals surface area contributed by atoms with Crippen LogP contribution in [0.2, 0.25) is 0 Å². The molecule has 6 nitrogen and oxygen atoms in total. The number of primary amides is 1. The van der Waals surface area contributed by atoms with Gasteiger partial charge in [-0.05, 0) is 12.1 Å². The van der Waals surface area contributed by atoms with Gasteiger partial charge in [0, 0.05) is 11.3 Å². The summed E-state index contributed by atoms with van der Waals surface area (Å²) in [5.41, 5.74) is 7.29. The zero-order chi connectivity index (χ0) is 10.7. The van der Waals surface area contributed by atoms with E-state index in [9.17, 15) is 4.79 Å². The average Bonchev–Trinajstić information content (AvgIpc) is 2.71. The second kappa shape index (κ2) is 3.79. The third kappa shape index (κ3) is 2.11. The van der Waals surface area contributed by atoms with E-state index in [0.717, 1.165) is 11.3 Å². The van der Waals surface area contributed by atoms with Crippen LogP contribution in [0.5, 0.6) is 0 Å². The minimum atomic E-state index is -0.579. The van der Waals surface area contributed by atoms with Gasteiger partial charge >= 0.3 is 6.03 Å². The fraction of sp³-hybridized carbons (Fsp3) is 0. The monoisotopic (exact) mass is 203 g/mol. The fourth-order valence-corrected chi connectivity index (χ4v) is 1.21. The summed E-state index contributed by atoms with van der Waals surface area (Å²) in [5.74, 6) is 0. The highest BCUT2D eigenvalue weighted by Gasteiger charge is 2.00. The number of anilines is 1. The first kappa shape index (κ1) is 9.20. The van der Waals surface area contributed by atoms with Crippen molar-refractivity contribution in [2.45, 2.75) is 0 Å². The van der Waals surface area contributed by atoms with Gasteiger partial charge in [0.05, 0.1) is 6.20 Å². The maximum absolute atomic E-state index is 10.6. The molecule has 2 rings (SSSR count). The first-order valence-electron chi connectivity index (χ1n) is 4.28. The van der Waals surface area contributed by atoms with Crippen LogP contribution in [-0.4, -0.2) is 21.4 Å². The Bertz CT molecular complexity index is 448. The number of carbonyl (C=O) groups is 1. The number of hydrogen-bond donors (Lipinski definition) is 3. The number of rotatable bonds is 2. The van der Waals surface area contributed by atoms with Crippen molar-refractivity contribution in [3.8, 4) is 11.3 Å². The lowest BCUT2D eigenvalue weighted by Gasteiger charge is -2.01. The molecule has 76 valence electrons. The molecule has 4 N–H and O–H groups in total. The minimum Gasteiger partial charge on any atom is -0.351 e. The molecular formula is C9H9N5O. The fourth-order valence-electron chi connectivity index (χ4n) is 1.21. The molecule has 2 amide bonds. The van der Waals surface area contributed by atoms with Crippen LogP contribution < -0.4 is 11.1 Å². The molecule has 0 aliphatic heterocycles. The molecule has 1 heterocycles. The second-order valence-electron chi connectivity index (χ2n) is 2.92. The van der Waals surface area contributed by atoms with Crippen LogP contribution in [0.4, 0.5) is 10.5 Å². The third-order valence-corrected chi connectivity index (χ3v) is 1.86. The van der Waals surface area contributed by atoms with Crippen molar-refractivity contribution in [3.63, 3.8) is 0 Å². The Morgan fingerprint density at radius 2 is 2.07 bits per heavy atom. The van der Waals surface area contributed by atoms with Gasteiger partial charge < -0.3 is 11.1 Å². The Hall–Kier alpha value is -2.37. The third-order valence-electron chi connectivity index (χ3n) is 1.86. The maximum atomic E-state index is 10.6. The normalized spacial score (nSPS) is 9.87. The predicted molar refractivity (Wildman–Crippen MR) is 55.0 cm³/mol. The molecule has 6 heteroatoms. The van der Waals surface area contributed by atoms with Gasteiger partial charge in [-0.2, -0.15) is 15.4 Å². The summed E-state index contributed by atoms with van der Waals surface area (Å²) in [4.78, 5) is 10.6. The smallest absolute Gasteiger partial charge is 0.316 e. The van der Waals surface area contributed by atoms with Gasteiger partial charge in [0.15, 0.2) is 0 Å². The molecular weight excluding hydrogens is 194 g/mol. The van der Waals surface area contributed by atoms with E-state index in [2.05, 4.69) is 20.7 Å². The summed E-state index contributed by atoms with van der Waals surface area (Å²) in [7, 11) is 0. The number of carbonyl (C=O) groups excluding carboxylic acids is 1. The van der Waals surface area contributed by atoms with E-state index in [1.807, 2.05) is 12.1 Å². The topological polar surface area (TPSA) is 96.7 Å². The lowest BCUT2D eigenvalue weighted by molar-refractivity contribution is 0.259. The van der Waals surface area contributed by atoms with E-state index >= 15 is 0 Å². The van der Waals surface area contributed by atoms with Crippen LogP contribution in [0.1, 0.15) is 0 Å². The Kier molecular flexibility index (Phi) is 2.32. The SMILES string of the molecule is NC(=O)Nc1ccc(-c2cn[nH]n2)cc1. The Labute approximate surface area is 85.5 Å². The van der Waals surface area contributed by atoms with Crippen LogP contribution in [0, 0.1) is 0 Å². The van der Waals surface area contributed by atoms with Crippen LogP contribution in [-0.2, 0) is 0 Å². The molecule has 0 radical (unpaired) electrons. The van der Waals surface area contributed by atoms with E-state index in [0.29, 0.717) is 5.69 Å². The highest BCUT2D eigenvalue weighted by atomic mass is 16.2. The number of urea groups is 1. The second-order valence-corrected chi connectivity index (χ2v) is 2.92. The van der Waals surface area contributed by atoms with Gasteiger partial charge in [0.2, 0.25) is 0 Å². The molecule has 0 aliphatic carbocycles. The van der Waals surface area contributed by atoms with Crippen molar-refractivity contribution >= 4 is 11.7 Å². The number of aromatic amines is 1. The minimum absolute atomic E-state index is 0.579. The Morgan fingerprint density at radius 3 is 2.60 bits per heavy atom. The number of nitrogens with two attached hydrogens (primary N) is 1. The van der Waals surface area contributed by atoms with Gasteiger partial charge in [-0.3, -0.25) is 0 Å². The highest BCUT2D eigenvalue weighted by molar-refractivity contribution is 5.88. The molecule has 0 fully saturated rings. The summed E-state index contributed by atoms with van der Waals surface area (Å²) in [5, 5.41) is 12.6. The van der Waals surface area contributed by atoms with Gasteiger partial charge in [0.25, 0.3) is 0 Å². The van der Waals surface area contributed by atoms with Crippen molar-refractivity contribution in [2.75, 3.05) is 5.32 Å². The van der Waals surface area contributed by atoms with E-state index in [-0.39, 0.29) is 0 Å². The molecule has 0 spiro atoms. The number of nitrogens with one attached hydrogen (secondary N) is 2. The van der Waals surface area contributed by atoms with Gasteiger partial charge in [0.1, 0.15) is 5.69 Å². The predicted octanol–water partition coefficient (Wildman–Crippen LogP) is 0.962. The first-order chi connectivity index (χ1) is 7.25. The molecule has 0 bridgehead atoms. The number of benzene rings is 1. The molecule has 0 aliphatic rings. The van der Waals surface area contributed by atoms with Crippen molar-refractivity contribution < 1.29 is 4.79 Å². The summed E-state index contributed by atoms with van der Waals surface area (Å²) in [6, 6.07) is 6.56. The van der Waals surface area contributed by atoms with E-state index < -0.39 is 6.03 Å². The van der Waals surface area contributed by atoms with E-state index in [4.69, 9.17) is 5.73 Å². The van der Waals surface area contributed by atoms with Gasteiger partial charge in [-0.15, -0.1) is 0 Å². The lowest BCUT2D eigenvalue weighted by Crippen LogP contribution is -2.19. The van der Waals surface area contributed by atoms with Crippen molar-refractivity contribution in [2.24, 2.45) is 5.73 Å². The number of nitrogens with zero attached hydrogens (tertiary/aromatic N) is 2. The number of amides is 2. The summed E-state index contributed by atoms with van der Waals surface area (Å²) in [6.45, 7) is 0. The van der Waals surface area contributed by atoms with Gasteiger partial charge in [-0.25, -0.2) is 4.79 Å². The van der Waals surface area contributed by atoms with Gasteiger partial charge in [-0.1, -0.05) is 12.1 Å². The Balaban J connectivity index is 2.21. The number of H-pyrrole nitrogens is 1. The molecule has 0 saturated heterocycles. The van der Waals surface area contributed by atoms with Crippen LogP contribution in [0.3, 0.4) is 0 Å². The number of hydrogen-bond acceptors (Lipinski definition) is 3. The molecule has 1 aromatic heterocycles. The highest BCUT2D eigenvalue weighted by Crippen LogP contribution is 2.17. The Morgan fingerprint density at radius 1 is 1.33 bits per heavy atom. The quantitative estimate of drug-likeness (QED) is 0.678.